The summed E-state index contributed by atoms with van der Waals surface area (Å²) in [6, 6.07) is 2.32. The predicted molar refractivity (Wildman–Crippen MR) is 83.6 cm³/mol. The minimum absolute atomic E-state index is 0.541. The van der Waals surface area contributed by atoms with Crippen molar-refractivity contribution in [1.29, 1.82) is 0 Å². The van der Waals surface area contributed by atoms with Crippen LogP contribution >= 0.6 is 15.9 Å². The molecule has 0 amide bonds. The fourth-order valence-electron chi connectivity index (χ4n) is 3.37. The fraction of sp³-hybridized carbons (Fsp3) is 0.647. The first-order valence-electron chi connectivity index (χ1n) is 7.22. The summed E-state index contributed by atoms with van der Waals surface area (Å²) in [5.74, 6) is 0.939. The SMILES string of the molecule is Cc1cc(C)c(C)c(C(Br)CC2CCCC2)c1C. The predicted octanol–water partition coefficient (Wildman–Crippen LogP) is 5.94. The van der Waals surface area contributed by atoms with Crippen LogP contribution in [0.1, 0.15) is 64.7 Å². The van der Waals surface area contributed by atoms with E-state index in [2.05, 4.69) is 49.7 Å². The lowest BCUT2D eigenvalue weighted by atomic mass is 9.89. The van der Waals surface area contributed by atoms with Crippen molar-refractivity contribution < 1.29 is 0 Å². The van der Waals surface area contributed by atoms with Crippen molar-refractivity contribution in [2.75, 3.05) is 0 Å². The molecular formula is C17H25Br. The summed E-state index contributed by atoms with van der Waals surface area (Å²) >= 11 is 3.97. The van der Waals surface area contributed by atoms with Crippen LogP contribution in [0.15, 0.2) is 6.07 Å². The highest BCUT2D eigenvalue weighted by Gasteiger charge is 2.22. The first-order valence-corrected chi connectivity index (χ1v) is 8.13. The molecule has 1 fully saturated rings. The Balaban J connectivity index is 2.25. The molecule has 0 bridgehead atoms. The Morgan fingerprint density at radius 2 is 1.56 bits per heavy atom. The number of rotatable bonds is 3. The van der Waals surface area contributed by atoms with Crippen LogP contribution in [0, 0.1) is 33.6 Å². The first-order chi connectivity index (χ1) is 8.50. The van der Waals surface area contributed by atoms with E-state index in [4.69, 9.17) is 0 Å². The van der Waals surface area contributed by atoms with E-state index in [1.807, 2.05) is 0 Å². The third-order valence-corrected chi connectivity index (χ3v) is 5.58. The zero-order valence-electron chi connectivity index (χ0n) is 12.1. The molecule has 0 nitrogen and oxygen atoms in total. The van der Waals surface area contributed by atoms with Gasteiger partial charge in [0.05, 0.1) is 0 Å². The second-order valence-corrected chi connectivity index (χ2v) is 7.13. The van der Waals surface area contributed by atoms with Gasteiger partial charge in [0.25, 0.3) is 0 Å². The second kappa shape index (κ2) is 5.77. The minimum Gasteiger partial charge on any atom is -0.0838 e. The van der Waals surface area contributed by atoms with E-state index in [9.17, 15) is 0 Å². The van der Waals surface area contributed by atoms with Gasteiger partial charge >= 0.3 is 0 Å². The van der Waals surface area contributed by atoms with Crippen molar-refractivity contribution in [2.24, 2.45) is 5.92 Å². The summed E-state index contributed by atoms with van der Waals surface area (Å²) in [7, 11) is 0. The third-order valence-electron chi connectivity index (χ3n) is 4.75. The van der Waals surface area contributed by atoms with Gasteiger partial charge in [0.2, 0.25) is 0 Å². The summed E-state index contributed by atoms with van der Waals surface area (Å²) in [4.78, 5) is 0.541. The average Bonchev–Trinajstić information content (AvgIpc) is 2.79. The molecule has 0 N–H and O–H groups in total. The van der Waals surface area contributed by atoms with Crippen molar-refractivity contribution >= 4 is 15.9 Å². The molecule has 0 heterocycles. The van der Waals surface area contributed by atoms with Crippen LogP contribution in [-0.4, -0.2) is 0 Å². The van der Waals surface area contributed by atoms with Crippen LogP contribution in [0.2, 0.25) is 0 Å². The van der Waals surface area contributed by atoms with Crippen molar-refractivity contribution in [1.82, 2.24) is 0 Å². The van der Waals surface area contributed by atoms with Crippen molar-refractivity contribution in [2.45, 2.75) is 64.6 Å². The van der Waals surface area contributed by atoms with Gasteiger partial charge in [-0.25, -0.2) is 0 Å². The smallest absolute Gasteiger partial charge is 0.0403 e. The Kier molecular flexibility index (Phi) is 4.53. The van der Waals surface area contributed by atoms with Crippen LogP contribution in [0.3, 0.4) is 0 Å². The Bertz CT molecular complexity index is 401. The number of hydrogen-bond acceptors (Lipinski definition) is 0. The van der Waals surface area contributed by atoms with Gasteiger partial charge in [0.15, 0.2) is 0 Å². The Labute approximate surface area is 120 Å². The fourth-order valence-corrected chi connectivity index (χ4v) is 4.59. The van der Waals surface area contributed by atoms with Crippen molar-refractivity contribution in [3.63, 3.8) is 0 Å². The molecule has 1 aliphatic rings. The number of alkyl halides is 1. The molecule has 18 heavy (non-hydrogen) atoms. The lowest BCUT2D eigenvalue weighted by molar-refractivity contribution is 0.500. The Morgan fingerprint density at radius 1 is 1.06 bits per heavy atom. The van der Waals surface area contributed by atoms with Gasteiger partial charge < -0.3 is 0 Å². The van der Waals surface area contributed by atoms with E-state index in [1.54, 1.807) is 5.56 Å². The molecule has 1 saturated carbocycles. The van der Waals surface area contributed by atoms with E-state index in [0.29, 0.717) is 4.83 Å². The summed E-state index contributed by atoms with van der Waals surface area (Å²) in [6.45, 7) is 9.03. The number of halogens is 1. The molecule has 0 radical (unpaired) electrons. The molecule has 1 heteroatoms. The molecule has 1 atom stereocenters. The summed E-state index contributed by atoms with van der Waals surface area (Å²) < 4.78 is 0. The molecular weight excluding hydrogens is 284 g/mol. The maximum atomic E-state index is 3.97. The van der Waals surface area contributed by atoms with E-state index < -0.39 is 0 Å². The quantitative estimate of drug-likeness (QED) is 0.606. The number of benzene rings is 1. The van der Waals surface area contributed by atoms with Crippen LogP contribution in [0.5, 0.6) is 0 Å². The molecule has 1 aromatic carbocycles. The third kappa shape index (κ3) is 2.82. The second-order valence-electron chi connectivity index (χ2n) is 6.03. The number of hydrogen-bond donors (Lipinski definition) is 0. The maximum Gasteiger partial charge on any atom is 0.0403 e. The largest absolute Gasteiger partial charge is 0.0838 e. The standard InChI is InChI=1S/C17H25Br/c1-11-9-12(2)14(4)17(13(11)3)16(18)10-15-7-5-6-8-15/h9,15-16H,5-8,10H2,1-4H3. The Hall–Kier alpha value is -0.300. The lowest BCUT2D eigenvalue weighted by Gasteiger charge is -2.22. The molecule has 2 rings (SSSR count). The van der Waals surface area contributed by atoms with Crippen molar-refractivity contribution in [3.8, 4) is 0 Å². The normalized spacial score (nSPS) is 18.3. The molecule has 1 unspecified atom stereocenters. The first kappa shape index (κ1) is 14.1. The topological polar surface area (TPSA) is 0 Å². The maximum absolute atomic E-state index is 3.97. The zero-order chi connectivity index (χ0) is 13.3. The van der Waals surface area contributed by atoms with E-state index >= 15 is 0 Å². The van der Waals surface area contributed by atoms with Gasteiger partial charge in [-0.2, -0.15) is 0 Å². The summed E-state index contributed by atoms with van der Waals surface area (Å²) in [6.07, 6.45) is 7.06. The molecule has 0 saturated heterocycles. The van der Waals surface area contributed by atoms with E-state index in [1.165, 1.54) is 54.4 Å². The molecule has 0 aliphatic heterocycles. The molecule has 0 aromatic heterocycles. The van der Waals surface area contributed by atoms with Crippen LogP contribution in [0.25, 0.3) is 0 Å². The van der Waals surface area contributed by atoms with Gasteiger partial charge in [0, 0.05) is 4.83 Å². The summed E-state index contributed by atoms with van der Waals surface area (Å²) in [5.41, 5.74) is 7.39. The number of aryl methyl sites for hydroxylation is 2. The average molecular weight is 309 g/mol. The molecule has 100 valence electrons. The zero-order valence-corrected chi connectivity index (χ0v) is 13.7. The van der Waals surface area contributed by atoms with Gasteiger partial charge in [-0.15, -0.1) is 0 Å². The monoisotopic (exact) mass is 308 g/mol. The molecule has 1 aromatic rings. The van der Waals surface area contributed by atoms with E-state index in [0.717, 1.165) is 5.92 Å². The highest BCUT2D eigenvalue weighted by atomic mass is 79.9. The summed E-state index contributed by atoms with van der Waals surface area (Å²) in [5, 5.41) is 0. The van der Waals surface area contributed by atoms with Crippen molar-refractivity contribution in [3.05, 3.63) is 33.9 Å². The van der Waals surface area contributed by atoms with Crippen LogP contribution in [-0.2, 0) is 0 Å². The highest BCUT2D eigenvalue weighted by Crippen LogP contribution is 2.40. The van der Waals surface area contributed by atoms with Gasteiger partial charge in [-0.05, 0) is 67.9 Å². The minimum atomic E-state index is 0.541. The van der Waals surface area contributed by atoms with E-state index in [-0.39, 0.29) is 0 Å². The molecule has 0 spiro atoms. The Morgan fingerprint density at radius 3 is 2.06 bits per heavy atom. The van der Waals surface area contributed by atoms with Crippen LogP contribution < -0.4 is 0 Å². The van der Waals surface area contributed by atoms with Gasteiger partial charge in [-0.3, -0.25) is 0 Å². The lowest BCUT2D eigenvalue weighted by Crippen LogP contribution is -2.05. The van der Waals surface area contributed by atoms with Gasteiger partial charge in [-0.1, -0.05) is 47.7 Å². The van der Waals surface area contributed by atoms with Crippen LogP contribution in [0.4, 0.5) is 0 Å². The molecule has 1 aliphatic carbocycles. The van der Waals surface area contributed by atoms with Gasteiger partial charge in [0.1, 0.15) is 0 Å². The highest BCUT2D eigenvalue weighted by molar-refractivity contribution is 9.09.